The fraction of sp³-hybridized carbons (Fsp3) is 0.300. The molecule has 1 heterocycles. The van der Waals surface area contributed by atoms with Crippen molar-refractivity contribution in [1.82, 2.24) is 4.90 Å². The van der Waals surface area contributed by atoms with Gasteiger partial charge in [-0.25, -0.2) is 9.18 Å². The van der Waals surface area contributed by atoms with Crippen LogP contribution in [0.3, 0.4) is 0 Å². The lowest BCUT2D eigenvalue weighted by molar-refractivity contribution is -0.154. The van der Waals surface area contributed by atoms with Crippen LogP contribution in [-0.2, 0) is 27.4 Å². The van der Waals surface area contributed by atoms with E-state index in [-0.39, 0.29) is 31.6 Å². The lowest BCUT2D eigenvalue weighted by Gasteiger charge is -2.23. The van der Waals surface area contributed by atoms with Crippen LogP contribution in [0.1, 0.15) is 17.5 Å². The van der Waals surface area contributed by atoms with E-state index in [9.17, 15) is 19.1 Å². The predicted molar refractivity (Wildman–Crippen MR) is 92.5 cm³/mol. The molecule has 0 spiro atoms. The Morgan fingerprint density at radius 3 is 2.54 bits per heavy atom. The topological polar surface area (TPSA) is 66.8 Å². The van der Waals surface area contributed by atoms with Crippen molar-refractivity contribution in [3.05, 3.63) is 71.5 Å². The molecule has 5 nitrogen and oxygen atoms in total. The zero-order valence-corrected chi connectivity index (χ0v) is 14.2. The van der Waals surface area contributed by atoms with Gasteiger partial charge < -0.3 is 14.7 Å². The van der Waals surface area contributed by atoms with Crippen LogP contribution < -0.4 is 0 Å². The van der Waals surface area contributed by atoms with Gasteiger partial charge in [0.2, 0.25) is 5.91 Å². The molecule has 0 radical (unpaired) electrons. The molecule has 2 aromatic rings. The highest BCUT2D eigenvalue weighted by Crippen LogP contribution is 2.21. The van der Waals surface area contributed by atoms with Gasteiger partial charge in [-0.15, -0.1) is 0 Å². The summed E-state index contributed by atoms with van der Waals surface area (Å²) < 4.78 is 19.1. The number of carbonyl (C=O) groups is 2. The van der Waals surface area contributed by atoms with E-state index >= 15 is 0 Å². The molecule has 1 aliphatic heterocycles. The van der Waals surface area contributed by atoms with Crippen molar-refractivity contribution in [2.45, 2.75) is 31.6 Å². The minimum absolute atomic E-state index is 0.0401. The van der Waals surface area contributed by atoms with Crippen LogP contribution in [0.25, 0.3) is 0 Å². The smallest absolute Gasteiger partial charge is 0.329 e. The Bertz CT molecular complexity index is 780. The number of likely N-dealkylation sites (tertiary alicyclic amines) is 1. The number of nitrogens with zero attached hydrogens (tertiary/aromatic N) is 1. The molecule has 2 atom stereocenters. The molecule has 26 heavy (non-hydrogen) atoms. The van der Waals surface area contributed by atoms with Gasteiger partial charge in [-0.05, 0) is 17.2 Å². The monoisotopic (exact) mass is 357 g/mol. The maximum atomic E-state index is 13.8. The summed E-state index contributed by atoms with van der Waals surface area (Å²) in [6.45, 7) is 0.139. The normalized spacial score (nSPS) is 19.4. The van der Waals surface area contributed by atoms with Crippen LogP contribution in [0.2, 0.25) is 0 Å². The summed E-state index contributed by atoms with van der Waals surface area (Å²) in [5.74, 6) is -1.44. The highest BCUT2D eigenvalue weighted by atomic mass is 19.1. The molecule has 0 unspecified atom stereocenters. The maximum absolute atomic E-state index is 13.8. The van der Waals surface area contributed by atoms with Gasteiger partial charge in [0, 0.05) is 13.0 Å². The summed E-state index contributed by atoms with van der Waals surface area (Å²) in [7, 11) is 0. The van der Waals surface area contributed by atoms with Crippen LogP contribution in [0.5, 0.6) is 0 Å². The number of esters is 1. The van der Waals surface area contributed by atoms with E-state index in [4.69, 9.17) is 4.74 Å². The van der Waals surface area contributed by atoms with Crippen molar-refractivity contribution in [3.8, 4) is 0 Å². The Balaban J connectivity index is 1.65. The molecular weight excluding hydrogens is 337 g/mol. The molecule has 0 saturated carbocycles. The van der Waals surface area contributed by atoms with Crippen molar-refractivity contribution in [2.24, 2.45) is 0 Å². The second kappa shape index (κ2) is 8.10. The van der Waals surface area contributed by atoms with Crippen molar-refractivity contribution in [3.63, 3.8) is 0 Å². The summed E-state index contributed by atoms with van der Waals surface area (Å²) in [6, 6.07) is 14.4. The largest absolute Gasteiger partial charge is 0.459 e. The van der Waals surface area contributed by atoms with E-state index < -0.39 is 29.8 Å². The molecule has 1 aliphatic rings. The molecule has 1 fully saturated rings. The van der Waals surface area contributed by atoms with Gasteiger partial charge in [0.25, 0.3) is 0 Å². The first-order valence-corrected chi connectivity index (χ1v) is 8.46. The van der Waals surface area contributed by atoms with Crippen molar-refractivity contribution in [2.75, 3.05) is 6.54 Å². The minimum Gasteiger partial charge on any atom is -0.459 e. The molecule has 6 heteroatoms. The summed E-state index contributed by atoms with van der Waals surface area (Å²) in [4.78, 5) is 26.2. The average Bonchev–Trinajstić information content (AvgIpc) is 3.04. The highest BCUT2D eigenvalue weighted by molar-refractivity contribution is 5.86. The zero-order valence-electron chi connectivity index (χ0n) is 14.2. The number of aliphatic hydroxyl groups excluding tert-OH is 1. The standard InChI is InChI=1S/C20H20FNO4/c21-17-9-5-4-8-15(17)10-19(24)22-12-16(23)11-18(22)20(25)26-13-14-6-2-1-3-7-14/h1-9,16,18,23H,10-13H2/t16-,18+/m1/s1. The number of aliphatic hydroxyl groups is 1. The molecule has 1 N–H and O–H groups in total. The fourth-order valence-corrected chi connectivity index (χ4v) is 3.04. The molecular formula is C20H20FNO4. The first-order valence-electron chi connectivity index (χ1n) is 8.46. The summed E-state index contributed by atoms with van der Waals surface area (Å²) in [5.41, 5.74) is 1.10. The number of rotatable bonds is 5. The number of benzene rings is 2. The zero-order chi connectivity index (χ0) is 18.5. The van der Waals surface area contributed by atoms with Gasteiger partial charge in [0.05, 0.1) is 12.5 Å². The fourth-order valence-electron chi connectivity index (χ4n) is 3.04. The Morgan fingerprint density at radius 1 is 1.12 bits per heavy atom. The lowest BCUT2D eigenvalue weighted by atomic mass is 10.1. The number of halogens is 1. The van der Waals surface area contributed by atoms with E-state index in [1.807, 2.05) is 30.3 Å². The maximum Gasteiger partial charge on any atom is 0.329 e. The summed E-state index contributed by atoms with van der Waals surface area (Å²) in [6.07, 6.45) is -0.841. The van der Waals surface area contributed by atoms with Gasteiger partial charge in [0.15, 0.2) is 0 Å². The third kappa shape index (κ3) is 4.26. The van der Waals surface area contributed by atoms with Crippen LogP contribution >= 0.6 is 0 Å². The molecule has 136 valence electrons. The molecule has 2 aromatic carbocycles. The Morgan fingerprint density at radius 2 is 1.81 bits per heavy atom. The van der Waals surface area contributed by atoms with E-state index in [0.717, 1.165) is 5.56 Å². The van der Waals surface area contributed by atoms with Gasteiger partial charge in [0.1, 0.15) is 18.5 Å². The van der Waals surface area contributed by atoms with Gasteiger partial charge >= 0.3 is 5.97 Å². The van der Waals surface area contributed by atoms with E-state index in [1.165, 1.54) is 17.0 Å². The number of hydrogen-bond donors (Lipinski definition) is 1. The Kier molecular flexibility index (Phi) is 5.63. The third-order valence-corrected chi connectivity index (χ3v) is 4.39. The number of amides is 1. The molecule has 1 amide bonds. The van der Waals surface area contributed by atoms with Gasteiger partial charge in [-0.2, -0.15) is 0 Å². The van der Waals surface area contributed by atoms with Crippen LogP contribution in [0.15, 0.2) is 54.6 Å². The second-order valence-corrected chi connectivity index (χ2v) is 6.31. The van der Waals surface area contributed by atoms with Crippen molar-refractivity contribution in [1.29, 1.82) is 0 Å². The molecule has 0 aromatic heterocycles. The average molecular weight is 357 g/mol. The van der Waals surface area contributed by atoms with Crippen molar-refractivity contribution < 1.29 is 23.8 Å². The van der Waals surface area contributed by atoms with E-state index in [2.05, 4.69) is 0 Å². The lowest BCUT2D eigenvalue weighted by Crippen LogP contribution is -2.42. The predicted octanol–water partition coefficient (Wildman–Crippen LogP) is 2.07. The summed E-state index contributed by atoms with van der Waals surface area (Å²) >= 11 is 0. The SMILES string of the molecule is O=C(OCc1ccccc1)[C@@H]1C[C@@H](O)CN1C(=O)Cc1ccccc1F. The number of ether oxygens (including phenoxy) is 1. The second-order valence-electron chi connectivity index (χ2n) is 6.31. The van der Waals surface area contributed by atoms with E-state index in [1.54, 1.807) is 12.1 Å². The molecule has 0 aliphatic carbocycles. The third-order valence-electron chi connectivity index (χ3n) is 4.39. The van der Waals surface area contributed by atoms with Crippen LogP contribution in [-0.4, -0.2) is 40.6 Å². The number of carbonyl (C=O) groups excluding carboxylic acids is 2. The van der Waals surface area contributed by atoms with Gasteiger partial charge in [-0.3, -0.25) is 4.79 Å². The van der Waals surface area contributed by atoms with Crippen LogP contribution in [0.4, 0.5) is 4.39 Å². The molecule has 1 saturated heterocycles. The van der Waals surface area contributed by atoms with Gasteiger partial charge in [-0.1, -0.05) is 48.5 Å². The number of β-amino-alcohol motifs (C(OH)–C–C–N with tert-alkyl or cyclic N) is 1. The Labute approximate surface area is 151 Å². The highest BCUT2D eigenvalue weighted by Gasteiger charge is 2.39. The van der Waals surface area contributed by atoms with Crippen LogP contribution in [0, 0.1) is 5.82 Å². The summed E-state index contributed by atoms with van der Waals surface area (Å²) in [5, 5.41) is 9.90. The molecule has 3 rings (SSSR count). The van der Waals surface area contributed by atoms with Crippen molar-refractivity contribution >= 4 is 11.9 Å². The van der Waals surface area contributed by atoms with E-state index in [0.29, 0.717) is 0 Å². The Hall–Kier alpha value is -2.73. The first-order chi connectivity index (χ1) is 12.5. The first kappa shape index (κ1) is 18.1. The quantitative estimate of drug-likeness (QED) is 0.832. The minimum atomic E-state index is -0.854. The molecule has 0 bridgehead atoms. The number of hydrogen-bond acceptors (Lipinski definition) is 4.